The van der Waals surface area contributed by atoms with E-state index in [1.807, 2.05) is 54.8 Å². The molecule has 7 aromatic rings. The number of nitriles is 2. The topological polar surface area (TPSA) is 182 Å². The Morgan fingerprint density at radius 2 is 1.58 bits per heavy atom. The molecule has 3 N–H and O–H groups in total. The Morgan fingerprint density at radius 3 is 2.26 bits per heavy atom. The van der Waals surface area contributed by atoms with Crippen molar-refractivity contribution in [2.24, 2.45) is 4.99 Å². The third-order valence-corrected chi connectivity index (χ3v) is 12.8. The quantitative estimate of drug-likeness (QED) is 0.132. The summed E-state index contributed by atoms with van der Waals surface area (Å²) in [4.78, 5) is 22.5. The second kappa shape index (κ2) is 14.7. The lowest BCUT2D eigenvalue weighted by Crippen LogP contribution is -2.22. The van der Waals surface area contributed by atoms with Crippen LogP contribution < -0.4 is 10.0 Å². The van der Waals surface area contributed by atoms with Crippen LogP contribution in [-0.2, 0) is 16.6 Å². The summed E-state index contributed by atoms with van der Waals surface area (Å²) in [6, 6.07) is 29.2. The van der Waals surface area contributed by atoms with Crippen LogP contribution in [-0.4, -0.2) is 39.8 Å². The maximum Gasteiger partial charge on any atom is 0.261 e. The Balaban J connectivity index is 0.937. The van der Waals surface area contributed by atoms with Crippen LogP contribution in [0.4, 0.5) is 5.69 Å². The zero-order chi connectivity index (χ0) is 40.0. The minimum absolute atomic E-state index is 0.0640. The van der Waals surface area contributed by atoms with E-state index in [4.69, 9.17) is 4.99 Å². The van der Waals surface area contributed by atoms with E-state index in [-0.39, 0.29) is 23.8 Å². The van der Waals surface area contributed by atoms with Crippen LogP contribution in [0, 0.1) is 50.4 Å². The third kappa shape index (κ3) is 6.75. The number of anilines is 1. The van der Waals surface area contributed by atoms with E-state index in [1.165, 1.54) is 17.0 Å². The van der Waals surface area contributed by atoms with Gasteiger partial charge in [0.25, 0.3) is 15.9 Å². The number of carbonyl (C=O) groups excluding carboxylic acids is 1. The molecule has 0 unspecified atom stereocenters. The number of benzene rings is 4. The van der Waals surface area contributed by atoms with E-state index in [0.717, 1.165) is 55.5 Å². The number of rotatable bonds is 9. The van der Waals surface area contributed by atoms with E-state index in [9.17, 15) is 23.7 Å². The molecule has 0 bridgehead atoms. The fourth-order valence-electron chi connectivity index (χ4n) is 7.11. The molecule has 1 aliphatic rings. The summed E-state index contributed by atoms with van der Waals surface area (Å²) in [6.07, 6.45) is 1.74. The van der Waals surface area contributed by atoms with Crippen molar-refractivity contribution in [3.63, 3.8) is 0 Å². The molecule has 12 nitrogen and oxygen atoms in total. The van der Waals surface area contributed by atoms with Gasteiger partial charge in [-0.15, -0.1) is 21.5 Å². The molecule has 14 heteroatoms. The first-order chi connectivity index (χ1) is 27.5. The standard InChI is InChI=1S/C43H35N9O3S2/c1-24-5-18-35(40-37(24)33(21-45)23-46-40)51-57(54,55)34-16-6-28(7-17-34)22-47-42(53)32-14-10-30(11-15-32)29-8-12-31(13-9-29)39-38-25(2)26(3)56-43(38)52-27(4)49-50-41(52)36(48-39)19-20-44/h5-18,23,36,46,51H,19,22H2,1-4H3,(H,47,53)/t36-/m0/s1. The van der Waals surface area contributed by atoms with Crippen LogP contribution in [0.3, 0.4) is 0 Å². The highest BCUT2D eigenvalue weighted by Gasteiger charge is 2.31. The number of H-pyrrole nitrogens is 1. The molecule has 1 aliphatic heterocycles. The molecule has 0 aliphatic carbocycles. The molecule has 0 fully saturated rings. The van der Waals surface area contributed by atoms with Crippen LogP contribution >= 0.6 is 11.3 Å². The number of aryl methyl sites for hydroxylation is 3. The Kier molecular flexibility index (Phi) is 9.53. The van der Waals surface area contributed by atoms with Gasteiger partial charge >= 0.3 is 0 Å². The monoisotopic (exact) mass is 789 g/mol. The highest BCUT2D eigenvalue weighted by Crippen LogP contribution is 2.40. The predicted molar refractivity (Wildman–Crippen MR) is 220 cm³/mol. The highest BCUT2D eigenvalue weighted by molar-refractivity contribution is 7.92. The van der Waals surface area contributed by atoms with Crippen molar-refractivity contribution in [1.82, 2.24) is 25.1 Å². The molecular formula is C43H35N9O3S2. The van der Waals surface area contributed by atoms with Crippen molar-refractivity contribution < 1.29 is 13.2 Å². The van der Waals surface area contributed by atoms with E-state index in [0.29, 0.717) is 33.5 Å². The zero-order valence-corrected chi connectivity index (χ0v) is 33.0. The number of aliphatic imine (C=N–C) groups is 1. The number of carbonyl (C=O) groups is 1. The fraction of sp³-hybridized carbons (Fsp3) is 0.163. The number of aromatic amines is 1. The van der Waals surface area contributed by atoms with E-state index in [2.05, 4.69) is 51.2 Å². The number of fused-ring (bicyclic) bond motifs is 4. The van der Waals surface area contributed by atoms with Gasteiger partial charge in [-0.25, -0.2) is 8.42 Å². The van der Waals surface area contributed by atoms with Crippen molar-refractivity contribution in [2.75, 3.05) is 4.72 Å². The van der Waals surface area contributed by atoms with E-state index >= 15 is 0 Å². The minimum atomic E-state index is -3.93. The summed E-state index contributed by atoms with van der Waals surface area (Å²) in [6.45, 7) is 8.18. The first-order valence-corrected chi connectivity index (χ1v) is 20.4. The Bertz CT molecular complexity index is 2940. The van der Waals surface area contributed by atoms with Crippen LogP contribution in [0.15, 0.2) is 101 Å². The summed E-state index contributed by atoms with van der Waals surface area (Å²) in [5, 5.41) is 32.4. The third-order valence-electron chi connectivity index (χ3n) is 10.3. The van der Waals surface area contributed by atoms with Crippen molar-refractivity contribution in [3.05, 3.63) is 147 Å². The van der Waals surface area contributed by atoms with Gasteiger partial charge in [0.2, 0.25) is 0 Å². The Hall–Kier alpha value is -6.87. The van der Waals surface area contributed by atoms with Crippen molar-refractivity contribution in [1.29, 1.82) is 10.5 Å². The van der Waals surface area contributed by atoms with Crippen LogP contribution in [0.1, 0.15) is 72.7 Å². The molecule has 8 rings (SSSR count). The summed E-state index contributed by atoms with van der Waals surface area (Å²) in [7, 11) is -3.93. The van der Waals surface area contributed by atoms with E-state index in [1.54, 1.807) is 53.9 Å². The molecular weight excluding hydrogens is 755 g/mol. The molecule has 4 aromatic carbocycles. The summed E-state index contributed by atoms with van der Waals surface area (Å²) >= 11 is 1.67. The number of sulfonamides is 1. The minimum Gasteiger partial charge on any atom is -0.358 e. The van der Waals surface area contributed by atoms with Gasteiger partial charge < -0.3 is 10.3 Å². The van der Waals surface area contributed by atoms with Gasteiger partial charge in [0.1, 0.15) is 22.9 Å². The van der Waals surface area contributed by atoms with Gasteiger partial charge in [-0.3, -0.25) is 19.1 Å². The lowest BCUT2D eigenvalue weighted by atomic mass is 9.96. The normalized spacial score (nSPS) is 13.5. The van der Waals surface area contributed by atoms with Crippen molar-refractivity contribution in [3.8, 4) is 28.3 Å². The van der Waals surface area contributed by atoms with Gasteiger partial charge in [-0.2, -0.15) is 10.5 Å². The molecule has 57 heavy (non-hydrogen) atoms. The molecule has 0 saturated heterocycles. The lowest BCUT2D eigenvalue weighted by molar-refractivity contribution is 0.0951. The SMILES string of the molecule is Cc1sc2c(c1C)C(c1ccc(-c3ccc(C(=O)NCc4ccc(S(=O)(=O)Nc5ccc(C)c6c(C#N)c[nH]c56)cc4)cc3)cc1)=N[C@@H](CC#N)c1nnc(C)n1-2. The predicted octanol–water partition coefficient (Wildman–Crippen LogP) is 8.12. The molecule has 1 amide bonds. The zero-order valence-electron chi connectivity index (χ0n) is 31.4. The molecule has 4 heterocycles. The molecule has 0 radical (unpaired) electrons. The number of hydrogen-bond acceptors (Lipinski definition) is 9. The van der Waals surface area contributed by atoms with E-state index < -0.39 is 16.1 Å². The maximum atomic E-state index is 13.3. The van der Waals surface area contributed by atoms with Gasteiger partial charge in [0.15, 0.2) is 5.82 Å². The average molecular weight is 790 g/mol. The number of nitrogens with zero attached hydrogens (tertiary/aromatic N) is 6. The molecule has 1 atom stereocenters. The molecule has 0 spiro atoms. The highest BCUT2D eigenvalue weighted by atomic mass is 32.2. The van der Waals surface area contributed by atoms with Gasteiger partial charge in [-0.1, -0.05) is 54.6 Å². The van der Waals surface area contributed by atoms with Gasteiger partial charge in [0.05, 0.1) is 39.9 Å². The second-order valence-electron chi connectivity index (χ2n) is 13.8. The Labute approximate surface area is 333 Å². The van der Waals surface area contributed by atoms with Gasteiger partial charge in [-0.05, 0) is 85.8 Å². The first kappa shape index (κ1) is 37.1. The molecule has 3 aromatic heterocycles. The average Bonchev–Trinajstić information content (AvgIpc) is 3.89. The van der Waals surface area contributed by atoms with Crippen LogP contribution in [0.5, 0.6) is 0 Å². The van der Waals surface area contributed by atoms with Crippen molar-refractivity contribution in [2.45, 2.75) is 51.6 Å². The lowest BCUT2D eigenvalue weighted by Gasteiger charge is -2.12. The second-order valence-corrected chi connectivity index (χ2v) is 16.7. The smallest absolute Gasteiger partial charge is 0.261 e. The maximum absolute atomic E-state index is 13.3. The number of hydrogen-bond donors (Lipinski definition) is 3. The van der Waals surface area contributed by atoms with Crippen LogP contribution in [0.25, 0.3) is 27.0 Å². The number of aromatic nitrogens is 4. The van der Waals surface area contributed by atoms with Gasteiger partial charge in [0, 0.05) is 39.7 Å². The number of amides is 1. The van der Waals surface area contributed by atoms with Crippen LogP contribution in [0.2, 0.25) is 0 Å². The first-order valence-electron chi connectivity index (χ1n) is 18.1. The summed E-state index contributed by atoms with van der Waals surface area (Å²) < 4.78 is 31.2. The molecule has 0 saturated carbocycles. The number of nitrogens with one attached hydrogen (secondary N) is 3. The fourth-order valence-corrected chi connectivity index (χ4v) is 9.40. The number of thiophene rings is 1. The largest absolute Gasteiger partial charge is 0.358 e. The summed E-state index contributed by atoms with van der Waals surface area (Å²) in [5.74, 6) is 1.16. The van der Waals surface area contributed by atoms with Crippen molar-refractivity contribution >= 4 is 49.6 Å². The summed E-state index contributed by atoms with van der Waals surface area (Å²) in [5.41, 5.74) is 9.22. The Morgan fingerprint density at radius 1 is 0.895 bits per heavy atom. The molecule has 282 valence electrons.